The Balaban J connectivity index is 2.03. The van der Waals surface area contributed by atoms with Crippen LogP contribution in [0.5, 0.6) is 0 Å². The van der Waals surface area contributed by atoms with Gasteiger partial charge in [0.1, 0.15) is 5.82 Å². The minimum Gasteiger partial charge on any atom is -0.378 e. The van der Waals surface area contributed by atoms with E-state index in [-0.39, 0.29) is 5.82 Å². The molecule has 0 aliphatic heterocycles. The lowest BCUT2D eigenvalue weighted by Crippen LogP contribution is -2.26. The van der Waals surface area contributed by atoms with E-state index >= 15 is 0 Å². The van der Waals surface area contributed by atoms with Gasteiger partial charge in [-0.15, -0.1) is 0 Å². The molecular weight excluding hydrogens is 271 g/mol. The zero-order valence-electron chi connectivity index (χ0n) is 11.5. The van der Waals surface area contributed by atoms with Gasteiger partial charge in [0.05, 0.1) is 5.71 Å². The normalized spacial score (nSPS) is 12.8. The third-order valence-corrected chi connectivity index (χ3v) is 2.96. The van der Waals surface area contributed by atoms with E-state index in [1.807, 2.05) is 0 Å². The molecule has 0 saturated heterocycles. The monoisotopic (exact) mass is 286 g/mol. The topological polar surface area (TPSA) is 61.7 Å². The van der Waals surface area contributed by atoms with Crippen LogP contribution in [0.15, 0.2) is 59.7 Å². The van der Waals surface area contributed by atoms with Crippen molar-refractivity contribution in [2.75, 3.05) is 0 Å². The van der Waals surface area contributed by atoms with Gasteiger partial charge < -0.3 is 5.11 Å². The minimum absolute atomic E-state index is 0.338. The molecule has 0 fully saturated rings. The summed E-state index contributed by atoms with van der Waals surface area (Å²) in [6.45, 7) is 1.68. The van der Waals surface area contributed by atoms with Gasteiger partial charge in [-0.1, -0.05) is 42.5 Å². The van der Waals surface area contributed by atoms with E-state index in [2.05, 4.69) is 10.5 Å². The van der Waals surface area contributed by atoms with Crippen LogP contribution >= 0.6 is 0 Å². The van der Waals surface area contributed by atoms with Crippen LogP contribution in [0.1, 0.15) is 24.2 Å². The number of hydrogen-bond acceptors (Lipinski definition) is 3. The van der Waals surface area contributed by atoms with E-state index in [0.29, 0.717) is 16.8 Å². The number of benzene rings is 2. The number of aliphatic hydroxyl groups is 1. The summed E-state index contributed by atoms with van der Waals surface area (Å²) in [4.78, 5) is 11.8. The van der Waals surface area contributed by atoms with Crippen LogP contribution in [0.3, 0.4) is 0 Å². The Bertz CT molecular complexity index is 639. The molecule has 2 N–H and O–H groups in total. The Labute approximate surface area is 121 Å². The van der Waals surface area contributed by atoms with Crippen molar-refractivity contribution in [2.24, 2.45) is 5.10 Å². The summed E-state index contributed by atoms with van der Waals surface area (Å²) in [5.74, 6) is -0.960. The number of hydrogen-bond donors (Lipinski definition) is 2. The molecular formula is C16H15FN2O2. The first-order chi connectivity index (χ1) is 10.1. The first-order valence-corrected chi connectivity index (χ1v) is 6.41. The van der Waals surface area contributed by atoms with Gasteiger partial charge >= 0.3 is 0 Å². The third-order valence-electron chi connectivity index (χ3n) is 2.96. The molecule has 108 valence electrons. The van der Waals surface area contributed by atoms with Crippen LogP contribution in [-0.4, -0.2) is 16.7 Å². The van der Waals surface area contributed by atoms with Crippen molar-refractivity contribution >= 4 is 11.6 Å². The van der Waals surface area contributed by atoms with Crippen molar-refractivity contribution in [1.29, 1.82) is 0 Å². The number of amides is 1. The summed E-state index contributed by atoms with van der Waals surface area (Å²) in [5, 5.41) is 13.8. The number of halogens is 1. The number of carbonyl (C=O) groups excluding carboxylic acids is 1. The molecule has 0 radical (unpaired) electrons. The molecule has 0 heterocycles. The standard InChI is InChI=1S/C16H15FN2O2/c1-11(12-7-9-14(17)10-8-12)18-19-16(21)15(20)13-5-3-2-4-6-13/h2-10,15,20H,1H3,(H,19,21)/b18-11-/t15-/m1/s1. The Morgan fingerprint density at radius 3 is 2.38 bits per heavy atom. The van der Waals surface area contributed by atoms with Gasteiger partial charge in [-0.05, 0) is 30.2 Å². The zero-order valence-corrected chi connectivity index (χ0v) is 11.5. The second-order valence-electron chi connectivity index (χ2n) is 4.49. The largest absolute Gasteiger partial charge is 0.378 e. The molecule has 0 unspecified atom stereocenters. The molecule has 2 rings (SSSR count). The molecule has 2 aromatic carbocycles. The van der Waals surface area contributed by atoms with Gasteiger partial charge in [0.2, 0.25) is 0 Å². The van der Waals surface area contributed by atoms with Crippen molar-refractivity contribution in [3.63, 3.8) is 0 Å². The summed E-state index contributed by atoms with van der Waals surface area (Å²) in [6.07, 6.45) is -1.28. The van der Waals surface area contributed by atoms with E-state index in [4.69, 9.17) is 0 Å². The van der Waals surface area contributed by atoms with E-state index in [1.54, 1.807) is 49.4 Å². The van der Waals surface area contributed by atoms with Gasteiger partial charge in [0.25, 0.3) is 5.91 Å². The molecule has 5 heteroatoms. The molecule has 0 aromatic heterocycles. The summed E-state index contributed by atoms with van der Waals surface area (Å²) >= 11 is 0. The maximum atomic E-state index is 12.8. The number of rotatable bonds is 4. The average molecular weight is 286 g/mol. The molecule has 0 aliphatic carbocycles. The van der Waals surface area contributed by atoms with Gasteiger partial charge in [0.15, 0.2) is 6.10 Å². The van der Waals surface area contributed by atoms with Crippen molar-refractivity contribution in [3.05, 3.63) is 71.5 Å². The first kappa shape index (κ1) is 14.9. The van der Waals surface area contributed by atoms with Gasteiger partial charge in [-0.25, -0.2) is 9.82 Å². The van der Waals surface area contributed by atoms with Gasteiger partial charge in [-0.2, -0.15) is 5.10 Å². The smallest absolute Gasteiger partial charge is 0.273 e. The Morgan fingerprint density at radius 2 is 1.76 bits per heavy atom. The average Bonchev–Trinajstić information content (AvgIpc) is 2.53. The van der Waals surface area contributed by atoms with Gasteiger partial charge in [-0.3, -0.25) is 4.79 Å². The van der Waals surface area contributed by atoms with Crippen LogP contribution in [-0.2, 0) is 4.79 Å². The predicted octanol–water partition coefficient (Wildman–Crippen LogP) is 2.40. The maximum Gasteiger partial charge on any atom is 0.273 e. The van der Waals surface area contributed by atoms with E-state index in [9.17, 15) is 14.3 Å². The molecule has 2 aromatic rings. The SMILES string of the molecule is C/C(=N/NC(=O)[C@H](O)c1ccccc1)c1ccc(F)cc1. The highest BCUT2D eigenvalue weighted by atomic mass is 19.1. The minimum atomic E-state index is -1.28. The van der Waals surface area contributed by atoms with Crippen molar-refractivity contribution in [1.82, 2.24) is 5.43 Å². The van der Waals surface area contributed by atoms with Crippen molar-refractivity contribution in [3.8, 4) is 0 Å². The fraction of sp³-hybridized carbons (Fsp3) is 0.125. The Kier molecular flexibility index (Phi) is 4.79. The van der Waals surface area contributed by atoms with Gasteiger partial charge in [0, 0.05) is 0 Å². The molecule has 0 saturated carbocycles. The number of hydrazone groups is 1. The second-order valence-corrected chi connectivity index (χ2v) is 4.49. The number of nitrogens with zero attached hydrogens (tertiary/aromatic N) is 1. The van der Waals surface area contributed by atoms with Crippen LogP contribution in [0.2, 0.25) is 0 Å². The van der Waals surface area contributed by atoms with Crippen LogP contribution in [0.25, 0.3) is 0 Å². The van der Waals surface area contributed by atoms with Crippen molar-refractivity contribution in [2.45, 2.75) is 13.0 Å². The molecule has 1 amide bonds. The molecule has 1 atom stereocenters. The zero-order chi connectivity index (χ0) is 15.2. The quantitative estimate of drug-likeness (QED) is 0.669. The molecule has 4 nitrogen and oxygen atoms in total. The highest BCUT2D eigenvalue weighted by Gasteiger charge is 2.16. The summed E-state index contributed by atoms with van der Waals surface area (Å²) in [7, 11) is 0. The highest BCUT2D eigenvalue weighted by Crippen LogP contribution is 2.12. The molecule has 0 bridgehead atoms. The first-order valence-electron chi connectivity index (χ1n) is 6.41. The number of carbonyl (C=O) groups is 1. The number of aliphatic hydroxyl groups excluding tert-OH is 1. The maximum absolute atomic E-state index is 12.8. The summed E-state index contributed by atoms with van der Waals surface area (Å²) in [6, 6.07) is 14.3. The Morgan fingerprint density at radius 1 is 1.14 bits per heavy atom. The van der Waals surface area contributed by atoms with Crippen LogP contribution in [0.4, 0.5) is 4.39 Å². The molecule has 0 aliphatic rings. The molecule has 21 heavy (non-hydrogen) atoms. The Hall–Kier alpha value is -2.53. The summed E-state index contributed by atoms with van der Waals surface area (Å²) in [5.41, 5.74) is 3.99. The lowest BCUT2D eigenvalue weighted by molar-refractivity contribution is -0.129. The summed E-state index contributed by atoms with van der Waals surface area (Å²) < 4.78 is 12.8. The number of nitrogens with one attached hydrogen (secondary N) is 1. The highest BCUT2D eigenvalue weighted by molar-refractivity contribution is 5.99. The van der Waals surface area contributed by atoms with E-state index < -0.39 is 12.0 Å². The van der Waals surface area contributed by atoms with E-state index in [0.717, 1.165) is 0 Å². The lowest BCUT2D eigenvalue weighted by atomic mass is 10.1. The lowest BCUT2D eigenvalue weighted by Gasteiger charge is -2.09. The fourth-order valence-corrected chi connectivity index (χ4v) is 1.74. The predicted molar refractivity (Wildman–Crippen MR) is 78.2 cm³/mol. The van der Waals surface area contributed by atoms with E-state index in [1.165, 1.54) is 12.1 Å². The third kappa shape index (κ3) is 3.97. The van der Waals surface area contributed by atoms with Crippen LogP contribution < -0.4 is 5.43 Å². The fourth-order valence-electron chi connectivity index (χ4n) is 1.74. The second kappa shape index (κ2) is 6.76. The van der Waals surface area contributed by atoms with Crippen LogP contribution in [0, 0.1) is 5.82 Å². The molecule has 0 spiro atoms. The van der Waals surface area contributed by atoms with Crippen molar-refractivity contribution < 1.29 is 14.3 Å².